The van der Waals surface area contributed by atoms with E-state index in [-0.39, 0.29) is 11.6 Å². The lowest BCUT2D eigenvalue weighted by Gasteiger charge is -2.20. The SMILES string of the molecule is O=C(O)[C@H]1CCCN1C(=O)c1cn(-c2ccc(Br)cc2)cn1. The van der Waals surface area contributed by atoms with Crippen molar-refractivity contribution in [3.63, 3.8) is 0 Å². The van der Waals surface area contributed by atoms with Crippen LogP contribution in [0.3, 0.4) is 0 Å². The number of rotatable bonds is 3. The van der Waals surface area contributed by atoms with Crippen molar-refractivity contribution < 1.29 is 14.7 Å². The third-order valence-electron chi connectivity index (χ3n) is 3.73. The first kappa shape index (κ1) is 14.8. The molecule has 1 fully saturated rings. The molecule has 3 rings (SSSR count). The fourth-order valence-corrected chi connectivity index (χ4v) is 2.87. The van der Waals surface area contributed by atoms with Crippen molar-refractivity contribution >= 4 is 27.8 Å². The number of hydrogen-bond acceptors (Lipinski definition) is 3. The Bertz CT molecular complexity index is 711. The summed E-state index contributed by atoms with van der Waals surface area (Å²) in [7, 11) is 0. The summed E-state index contributed by atoms with van der Waals surface area (Å²) in [5, 5.41) is 9.16. The maximum absolute atomic E-state index is 12.4. The average molecular weight is 364 g/mol. The number of aromatic nitrogens is 2. The smallest absolute Gasteiger partial charge is 0.326 e. The number of carbonyl (C=O) groups is 2. The zero-order chi connectivity index (χ0) is 15.7. The van der Waals surface area contributed by atoms with Gasteiger partial charge in [0.1, 0.15) is 18.1 Å². The van der Waals surface area contributed by atoms with Crippen LogP contribution in [0.15, 0.2) is 41.3 Å². The summed E-state index contributed by atoms with van der Waals surface area (Å²) in [6.45, 7) is 0.459. The van der Waals surface area contributed by atoms with Crippen molar-refractivity contribution in [2.24, 2.45) is 0 Å². The number of aliphatic carboxylic acids is 1. The van der Waals surface area contributed by atoms with Crippen molar-refractivity contribution in [1.29, 1.82) is 0 Å². The summed E-state index contributed by atoms with van der Waals surface area (Å²) in [5.41, 5.74) is 1.14. The quantitative estimate of drug-likeness (QED) is 0.907. The molecule has 114 valence electrons. The fraction of sp³-hybridized carbons (Fsp3) is 0.267. The highest BCUT2D eigenvalue weighted by molar-refractivity contribution is 9.10. The van der Waals surface area contributed by atoms with Crippen LogP contribution in [0.4, 0.5) is 0 Å². The molecule has 1 atom stereocenters. The molecule has 0 spiro atoms. The number of carboxylic acids is 1. The number of halogens is 1. The molecule has 1 saturated heterocycles. The van der Waals surface area contributed by atoms with Crippen LogP contribution in [0.5, 0.6) is 0 Å². The van der Waals surface area contributed by atoms with E-state index in [4.69, 9.17) is 5.11 Å². The van der Waals surface area contributed by atoms with E-state index in [2.05, 4.69) is 20.9 Å². The molecule has 22 heavy (non-hydrogen) atoms. The van der Waals surface area contributed by atoms with E-state index in [9.17, 15) is 9.59 Å². The van der Waals surface area contributed by atoms with Gasteiger partial charge in [-0.25, -0.2) is 9.78 Å². The van der Waals surface area contributed by atoms with Crippen LogP contribution in [0.1, 0.15) is 23.3 Å². The lowest BCUT2D eigenvalue weighted by Crippen LogP contribution is -2.40. The largest absolute Gasteiger partial charge is 0.480 e. The van der Waals surface area contributed by atoms with Crippen LogP contribution < -0.4 is 0 Å². The first-order valence-electron chi connectivity index (χ1n) is 6.90. The second kappa shape index (κ2) is 5.92. The molecule has 1 aromatic carbocycles. The summed E-state index contributed by atoms with van der Waals surface area (Å²) < 4.78 is 2.71. The average Bonchev–Trinajstić information content (AvgIpc) is 3.17. The van der Waals surface area contributed by atoms with Crippen LogP contribution in [0, 0.1) is 0 Å². The minimum absolute atomic E-state index is 0.260. The standard InChI is InChI=1S/C15H14BrN3O3/c16-10-3-5-11(6-4-10)18-8-12(17-9-18)14(20)19-7-1-2-13(19)15(21)22/h3-6,8-9,13H,1-2,7H2,(H,21,22)/t13-/m1/s1. The van der Waals surface area contributed by atoms with Gasteiger partial charge in [0.2, 0.25) is 0 Å². The fourth-order valence-electron chi connectivity index (χ4n) is 2.60. The number of carboxylic acid groups (broad SMARTS) is 1. The monoisotopic (exact) mass is 363 g/mol. The normalized spacial score (nSPS) is 17.7. The van der Waals surface area contributed by atoms with Gasteiger partial charge in [-0.1, -0.05) is 15.9 Å². The molecule has 7 heteroatoms. The number of carbonyl (C=O) groups excluding carboxylic acids is 1. The topological polar surface area (TPSA) is 75.4 Å². The Hall–Kier alpha value is -2.15. The van der Waals surface area contributed by atoms with E-state index in [0.29, 0.717) is 19.4 Å². The zero-order valence-electron chi connectivity index (χ0n) is 11.6. The maximum Gasteiger partial charge on any atom is 0.326 e. The Kier molecular flexibility index (Phi) is 3.98. The van der Waals surface area contributed by atoms with E-state index in [1.165, 1.54) is 4.90 Å². The highest BCUT2D eigenvalue weighted by atomic mass is 79.9. The van der Waals surface area contributed by atoms with Crippen molar-refractivity contribution in [1.82, 2.24) is 14.5 Å². The summed E-state index contributed by atoms with van der Waals surface area (Å²) >= 11 is 3.37. The lowest BCUT2D eigenvalue weighted by atomic mass is 10.2. The Morgan fingerprint density at radius 1 is 1.27 bits per heavy atom. The molecule has 2 aromatic rings. The van der Waals surface area contributed by atoms with Gasteiger partial charge in [-0.15, -0.1) is 0 Å². The predicted molar refractivity (Wildman–Crippen MR) is 83.0 cm³/mol. The third kappa shape index (κ3) is 2.76. The number of amides is 1. The van der Waals surface area contributed by atoms with Crippen LogP contribution in [0.2, 0.25) is 0 Å². The lowest BCUT2D eigenvalue weighted by molar-refractivity contribution is -0.141. The van der Waals surface area contributed by atoms with Gasteiger partial charge in [0, 0.05) is 22.9 Å². The first-order chi connectivity index (χ1) is 10.6. The highest BCUT2D eigenvalue weighted by Gasteiger charge is 2.35. The van der Waals surface area contributed by atoms with Gasteiger partial charge in [0.25, 0.3) is 5.91 Å². The Morgan fingerprint density at radius 3 is 2.68 bits per heavy atom. The second-order valence-electron chi connectivity index (χ2n) is 5.14. The number of likely N-dealkylation sites (tertiary alicyclic amines) is 1. The zero-order valence-corrected chi connectivity index (χ0v) is 13.2. The first-order valence-corrected chi connectivity index (χ1v) is 7.69. The van der Waals surface area contributed by atoms with Crippen LogP contribution in [-0.4, -0.2) is 44.0 Å². The van der Waals surface area contributed by atoms with Crippen molar-refractivity contribution in [3.8, 4) is 5.69 Å². The van der Waals surface area contributed by atoms with Gasteiger partial charge in [0.15, 0.2) is 0 Å². The molecule has 0 saturated carbocycles. The van der Waals surface area contributed by atoms with Crippen LogP contribution >= 0.6 is 15.9 Å². The van der Waals surface area contributed by atoms with E-state index in [0.717, 1.165) is 10.2 Å². The molecule has 1 aliphatic rings. The maximum atomic E-state index is 12.4. The number of nitrogens with zero attached hydrogens (tertiary/aromatic N) is 3. The molecule has 0 bridgehead atoms. The number of benzene rings is 1. The Morgan fingerprint density at radius 2 is 2.00 bits per heavy atom. The van der Waals surface area contributed by atoms with E-state index in [1.54, 1.807) is 17.1 Å². The van der Waals surface area contributed by atoms with Gasteiger partial charge in [-0.3, -0.25) is 4.79 Å². The van der Waals surface area contributed by atoms with Crippen LogP contribution in [-0.2, 0) is 4.79 Å². The molecule has 1 aliphatic heterocycles. The third-order valence-corrected chi connectivity index (χ3v) is 4.25. The highest BCUT2D eigenvalue weighted by Crippen LogP contribution is 2.20. The van der Waals surface area contributed by atoms with Crippen molar-refractivity contribution in [2.75, 3.05) is 6.54 Å². The predicted octanol–water partition coefficient (Wildman–Crippen LogP) is 2.32. The molecule has 6 nitrogen and oxygen atoms in total. The summed E-state index contributed by atoms with van der Waals surface area (Å²) in [5.74, 6) is -1.29. The van der Waals surface area contributed by atoms with E-state index in [1.807, 2.05) is 24.3 Å². The van der Waals surface area contributed by atoms with E-state index < -0.39 is 12.0 Å². The molecule has 1 amide bonds. The molecular weight excluding hydrogens is 350 g/mol. The van der Waals surface area contributed by atoms with E-state index >= 15 is 0 Å². The Labute approximate surface area is 135 Å². The summed E-state index contributed by atoms with van der Waals surface area (Å²) in [6.07, 6.45) is 4.38. The van der Waals surface area contributed by atoms with Gasteiger partial charge < -0.3 is 14.6 Å². The van der Waals surface area contributed by atoms with Gasteiger partial charge in [-0.2, -0.15) is 0 Å². The Balaban J connectivity index is 1.82. The molecule has 0 unspecified atom stereocenters. The number of imidazole rings is 1. The minimum atomic E-state index is -0.960. The molecular formula is C15H14BrN3O3. The molecule has 1 aromatic heterocycles. The second-order valence-corrected chi connectivity index (χ2v) is 6.05. The molecule has 1 N–H and O–H groups in total. The van der Waals surface area contributed by atoms with Crippen molar-refractivity contribution in [3.05, 3.63) is 47.0 Å². The molecule has 0 radical (unpaired) electrons. The summed E-state index contributed by atoms with van der Waals surface area (Å²) in [4.78, 5) is 29.1. The number of hydrogen-bond donors (Lipinski definition) is 1. The summed E-state index contributed by atoms with van der Waals surface area (Å²) in [6, 6.07) is 6.85. The molecule has 0 aliphatic carbocycles. The van der Waals surface area contributed by atoms with Crippen molar-refractivity contribution in [2.45, 2.75) is 18.9 Å². The minimum Gasteiger partial charge on any atom is -0.480 e. The molecule has 2 heterocycles. The van der Waals surface area contributed by atoms with Gasteiger partial charge >= 0.3 is 5.97 Å². The van der Waals surface area contributed by atoms with Crippen LogP contribution in [0.25, 0.3) is 5.69 Å². The van der Waals surface area contributed by atoms with Gasteiger partial charge in [-0.05, 0) is 37.1 Å². The van der Waals surface area contributed by atoms with Gasteiger partial charge in [0.05, 0.1) is 0 Å².